The number of amides is 1. The molecule has 0 unspecified atom stereocenters. The van der Waals surface area contributed by atoms with Gasteiger partial charge in [-0.2, -0.15) is 0 Å². The fourth-order valence-corrected chi connectivity index (χ4v) is 4.18. The lowest BCUT2D eigenvalue weighted by atomic mass is 10.3. The van der Waals surface area contributed by atoms with Gasteiger partial charge in [-0.3, -0.25) is 4.79 Å². The summed E-state index contributed by atoms with van der Waals surface area (Å²) in [7, 11) is 0. The first-order valence-corrected chi connectivity index (χ1v) is 9.84. The van der Waals surface area contributed by atoms with Crippen LogP contribution in [0.3, 0.4) is 0 Å². The molecule has 1 amide bonds. The summed E-state index contributed by atoms with van der Waals surface area (Å²) < 4.78 is 6.81. The Morgan fingerprint density at radius 1 is 1.48 bits per heavy atom. The zero-order chi connectivity index (χ0) is 15.8. The van der Waals surface area contributed by atoms with Crippen molar-refractivity contribution in [3.8, 4) is 0 Å². The average molecular weight is 349 g/mol. The molecular formula is C16H19N3O2S2. The van der Waals surface area contributed by atoms with E-state index in [1.165, 1.54) is 29.5 Å². The molecule has 0 aromatic carbocycles. The lowest BCUT2D eigenvalue weighted by Gasteiger charge is -2.20. The number of hydrogen-bond donors (Lipinski definition) is 0. The standard InChI is InChI=1S/C16H19N3O2S2/c1-10-6-13(10)14-5-4-12(21-14)7-19(11-2-3-11)15(20)8-22-16-18-17-9-23-16/h4-5,9-11,13H,2-3,6-8H2,1H3/t10-,13-/m1/s1. The fraction of sp³-hybridized carbons (Fsp3) is 0.562. The van der Waals surface area contributed by atoms with E-state index in [0.717, 1.165) is 34.6 Å². The Morgan fingerprint density at radius 3 is 2.96 bits per heavy atom. The van der Waals surface area contributed by atoms with E-state index in [1.54, 1.807) is 5.51 Å². The van der Waals surface area contributed by atoms with Gasteiger partial charge in [-0.05, 0) is 37.3 Å². The molecule has 2 aliphatic rings. The third-order valence-electron chi connectivity index (χ3n) is 4.45. The molecule has 2 aliphatic carbocycles. The Hall–Kier alpha value is -1.34. The van der Waals surface area contributed by atoms with Crippen LogP contribution in [0.25, 0.3) is 0 Å². The molecule has 0 radical (unpaired) electrons. The summed E-state index contributed by atoms with van der Waals surface area (Å²) >= 11 is 2.93. The predicted octanol–water partition coefficient (Wildman–Crippen LogP) is 3.54. The van der Waals surface area contributed by atoms with E-state index in [-0.39, 0.29) is 5.91 Å². The van der Waals surface area contributed by atoms with Gasteiger partial charge in [-0.1, -0.05) is 30.0 Å². The van der Waals surface area contributed by atoms with Gasteiger partial charge >= 0.3 is 0 Å². The SMILES string of the molecule is C[C@@H]1C[C@H]1c1ccc(CN(C(=O)CSc2nncs2)C2CC2)o1. The van der Waals surface area contributed by atoms with Gasteiger partial charge in [-0.15, -0.1) is 10.2 Å². The fourth-order valence-electron chi connectivity index (χ4n) is 2.80. The number of hydrogen-bond acceptors (Lipinski definition) is 6. The first-order valence-electron chi connectivity index (χ1n) is 7.97. The Balaban J connectivity index is 1.37. The molecule has 122 valence electrons. The second kappa shape index (κ2) is 6.28. The highest BCUT2D eigenvalue weighted by Gasteiger charge is 2.37. The first-order chi connectivity index (χ1) is 11.2. The molecule has 2 saturated carbocycles. The van der Waals surface area contributed by atoms with Crippen molar-refractivity contribution in [2.45, 2.75) is 49.0 Å². The van der Waals surface area contributed by atoms with Crippen LogP contribution in [-0.2, 0) is 11.3 Å². The van der Waals surface area contributed by atoms with Crippen LogP contribution in [0, 0.1) is 5.92 Å². The van der Waals surface area contributed by atoms with Gasteiger partial charge in [0.15, 0.2) is 4.34 Å². The van der Waals surface area contributed by atoms with Crippen LogP contribution in [-0.4, -0.2) is 32.8 Å². The Kier molecular flexibility index (Phi) is 4.15. The summed E-state index contributed by atoms with van der Waals surface area (Å²) in [5.74, 6) is 3.88. The van der Waals surface area contributed by atoms with Crippen molar-refractivity contribution in [1.82, 2.24) is 15.1 Å². The van der Waals surface area contributed by atoms with Gasteiger partial charge < -0.3 is 9.32 Å². The first kappa shape index (κ1) is 15.2. The zero-order valence-corrected chi connectivity index (χ0v) is 14.6. The summed E-state index contributed by atoms with van der Waals surface area (Å²) in [4.78, 5) is 14.5. The van der Waals surface area contributed by atoms with Crippen molar-refractivity contribution < 1.29 is 9.21 Å². The van der Waals surface area contributed by atoms with Crippen LogP contribution in [0.15, 0.2) is 26.4 Å². The number of thioether (sulfide) groups is 1. The second-order valence-electron chi connectivity index (χ2n) is 6.37. The van der Waals surface area contributed by atoms with Crippen LogP contribution in [0.5, 0.6) is 0 Å². The average Bonchev–Trinajstić information content (AvgIpc) is 3.40. The molecule has 5 nitrogen and oxygen atoms in total. The van der Waals surface area contributed by atoms with Crippen LogP contribution in [0.1, 0.15) is 43.6 Å². The Labute approximate surface area is 143 Å². The number of furan rings is 1. The smallest absolute Gasteiger partial charge is 0.233 e. The molecule has 0 saturated heterocycles. The molecule has 7 heteroatoms. The Bertz CT molecular complexity index is 681. The molecule has 0 N–H and O–H groups in total. The highest BCUT2D eigenvalue weighted by atomic mass is 32.2. The van der Waals surface area contributed by atoms with Gasteiger partial charge in [0.1, 0.15) is 17.0 Å². The van der Waals surface area contributed by atoms with Crippen LogP contribution in [0.4, 0.5) is 0 Å². The summed E-state index contributed by atoms with van der Waals surface area (Å²) in [6, 6.07) is 4.49. The van der Waals surface area contributed by atoms with Gasteiger partial charge in [0.2, 0.25) is 5.91 Å². The highest BCUT2D eigenvalue weighted by Crippen LogP contribution is 2.47. The van der Waals surface area contributed by atoms with Crippen molar-refractivity contribution in [1.29, 1.82) is 0 Å². The lowest BCUT2D eigenvalue weighted by Crippen LogP contribution is -2.33. The Morgan fingerprint density at radius 2 is 2.30 bits per heavy atom. The predicted molar refractivity (Wildman–Crippen MR) is 89.4 cm³/mol. The van der Waals surface area contributed by atoms with Crippen LogP contribution in [0.2, 0.25) is 0 Å². The molecule has 2 aromatic rings. The van der Waals surface area contributed by atoms with Crippen molar-refractivity contribution in [2.75, 3.05) is 5.75 Å². The molecule has 2 heterocycles. The van der Waals surface area contributed by atoms with Crippen LogP contribution >= 0.6 is 23.1 Å². The number of rotatable bonds is 7. The topological polar surface area (TPSA) is 59.2 Å². The van der Waals surface area contributed by atoms with E-state index in [2.05, 4.69) is 23.2 Å². The number of carbonyl (C=O) groups excluding carboxylic acids is 1. The number of nitrogens with zero attached hydrogens (tertiary/aromatic N) is 3. The van der Waals surface area contributed by atoms with E-state index in [9.17, 15) is 4.79 Å². The summed E-state index contributed by atoms with van der Waals surface area (Å²) in [6.07, 6.45) is 3.42. The van der Waals surface area contributed by atoms with E-state index in [1.807, 2.05) is 11.0 Å². The maximum Gasteiger partial charge on any atom is 0.233 e. The van der Waals surface area contributed by atoms with E-state index >= 15 is 0 Å². The molecule has 23 heavy (non-hydrogen) atoms. The minimum absolute atomic E-state index is 0.158. The summed E-state index contributed by atoms with van der Waals surface area (Å²) in [5.41, 5.74) is 1.69. The van der Waals surface area contributed by atoms with E-state index < -0.39 is 0 Å². The van der Waals surface area contributed by atoms with E-state index in [0.29, 0.717) is 24.3 Å². The van der Waals surface area contributed by atoms with Crippen molar-refractivity contribution in [3.05, 3.63) is 29.2 Å². The monoisotopic (exact) mass is 349 g/mol. The number of carbonyl (C=O) groups is 1. The second-order valence-corrected chi connectivity index (χ2v) is 8.43. The van der Waals surface area contributed by atoms with Gasteiger partial charge in [0.25, 0.3) is 0 Å². The molecule has 4 rings (SSSR count). The molecule has 2 atom stereocenters. The highest BCUT2D eigenvalue weighted by molar-refractivity contribution is 8.01. The van der Waals surface area contributed by atoms with E-state index in [4.69, 9.17) is 4.42 Å². The third-order valence-corrected chi connectivity index (χ3v) is 6.30. The van der Waals surface area contributed by atoms with Crippen molar-refractivity contribution in [2.24, 2.45) is 5.92 Å². The van der Waals surface area contributed by atoms with Crippen LogP contribution < -0.4 is 0 Å². The molecular weight excluding hydrogens is 330 g/mol. The normalized spacial score (nSPS) is 23.0. The quantitative estimate of drug-likeness (QED) is 0.716. The van der Waals surface area contributed by atoms with Gasteiger partial charge in [0.05, 0.1) is 12.3 Å². The largest absolute Gasteiger partial charge is 0.464 e. The summed E-state index contributed by atoms with van der Waals surface area (Å²) in [6.45, 7) is 2.83. The van der Waals surface area contributed by atoms with Crippen molar-refractivity contribution >= 4 is 29.0 Å². The molecule has 2 fully saturated rings. The lowest BCUT2D eigenvalue weighted by molar-refractivity contribution is -0.129. The maximum absolute atomic E-state index is 12.5. The molecule has 0 spiro atoms. The number of aromatic nitrogens is 2. The third kappa shape index (κ3) is 3.61. The van der Waals surface area contributed by atoms with Gasteiger partial charge in [-0.25, -0.2) is 0 Å². The van der Waals surface area contributed by atoms with Crippen molar-refractivity contribution in [3.63, 3.8) is 0 Å². The molecule has 2 aromatic heterocycles. The minimum atomic E-state index is 0.158. The molecule has 0 aliphatic heterocycles. The minimum Gasteiger partial charge on any atom is -0.464 e. The molecule has 0 bridgehead atoms. The maximum atomic E-state index is 12.5. The zero-order valence-electron chi connectivity index (χ0n) is 13.0. The summed E-state index contributed by atoms with van der Waals surface area (Å²) in [5, 5.41) is 7.77. The van der Waals surface area contributed by atoms with Gasteiger partial charge in [0, 0.05) is 12.0 Å².